The van der Waals surface area contributed by atoms with E-state index in [-0.39, 0.29) is 6.10 Å². The van der Waals surface area contributed by atoms with Gasteiger partial charge in [-0.15, -0.1) is 0 Å². The molecule has 0 spiro atoms. The maximum absolute atomic E-state index is 5.80. The molecule has 1 fully saturated rings. The first-order valence-corrected chi connectivity index (χ1v) is 5.97. The van der Waals surface area contributed by atoms with Gasteiger partial charge in [0.15, 0.2) is 0 Å². The van der Waals surface area contributed by atoms with Gasteiger partial charge in [0, 0.05) is 13.1 Å². The van der Waals surface area contributed by atoms with Crippen molar-refractivity contribution in [2.75, 3.05) is 26.2 Å². The van der Waals surface area contributed by atoms with Crippen molar-refractivity contribution in [3.05, 3.63) is 35.9 Å². The Labute approximate surface area is 97.2 Å². The first kappa shape index (κ1) is 11.6. The summed E-state index contributed by atoms with van der Waals surface area (Å²) >= 11 is 0. The Morgan fingerprint density at radius 3 is 2.75 bits per heavy atom. The van der Waals surface area contributed by atoms with Crippen molar-refractivity contribution < 1.29 is 4.74 Å². The topological polar surface area (TPSA) is 38.5 Å². The molecule has 16 heavy (non-hydrogen) atoms. The predicted molar refractivity (Wildman–Crippen MR) is 65.2 cm³/mol. The molecule has 88 valence electrons. The van der Waals surface area contributed by atoms with E-state index >= 15 is 0 Å². The molecule has 1 aromatic carbocycles. The van der Waals surface area contributed by atoms with Gasteiger partial charge in [-0.1, -0.05) is 37.3 Å². The van der Waals surface area contributed by atoms with Crippen LogP contribution in [0.25, 0.3) is 0 Å². The Morgan fingerprint density at radius 2 is 2.12 bits per heavy atom. The molecule has 0 saturated carbocycles. The molecule has 0 radical (unpaired) electrons. The second-order valence-corrected chi connectivity index (χ2v) is 4.13. The number of nitrogens with two attached hydrogens (primary N) is 1. The summed E-state index contributed by atoms with van der Waals surface area (Å²) in [6, 6.07) is 10.8. The molecule has 0 amide bonds. The highest BCUT2D eigenvalue weighted by Gasteiger charge is 2.31. The minimum atomic E-state index is 0.121. The summed E-state index contributed by atoms with van der Waals surface area (Å²) in [5.41, 5.74) is 7.10. The Morgan fingerprint density at radius 1 is 1.38 bits per heavy atom. The molecule has 3 heteroatoms. The van der Waals surface area contributed by atoms with Gasteiger partial charge in [-0.2, -0.15) is 0 Å². The summed E-state index contributed by atoms with van der Waals surface area (Å²) < 4.78 is 5.76. The predicted octanol–water partition coefficient (Wildman–Crippen LogP) is 1.41. The molecule has 1 aliphatic rings. The number of hydrogen-bond donors (Lipinski definition) is 1. The fraction of sp³-hybridized carbons (Fsp3) is 0.538. The number of likely N-dealkylation sites (N-methyl/N-ethyl adjacent to an activating group) is 1. The molecule has 0 bridgehead atoms. The molecule has 2 rings (SSSR count). The van der Waals surface area contributed by atoms with Crippen LogP contribution in [0.1, 0.15) is 18.5 Å². The van der Waals surface area contributed by atoms with E-state index in [9.17, 15) is 0 Å². The standard InChI is InChI=1S/C13H20N2O/c1-2-15-8-9-16-12(10-14)13(15)11-6-4-3-5-7-11/h3-7,12-13H,2,8-10,14H2,1H3. The molecule has 0 aliphatic carbocycles. The largest absolute Gasteiger partial charge is 0.374 e. The number of ether oxygens (including phenoxy) is 1. The molecular formula is C13H20N2O. The highest BCUT2D eigenvalue weighted by Crippen LogP contribution is 2.28. The Bertz CT molecular complexity index is 303. The van der Waals surface area contributed by atoms with Gasteiger partial charge in [0.1, 0.15) is 0 Å². The van der Waals surface area contributed by atoms with Crippen molar-refractivity contribution in [3.63, 3.8) is 0 Å². The molecule has 1 saturated heterocycles. The van der Waals surface area contributed by atoms with Crippen LogP contribution in [0.4, 0.5) is 0 Å². The number of benzene rings is 1. The molecule has 1 aliphatic heterocycles. The molecule has 3 nitrogen and oxygen atoms in total. The van der Waals surface area contributed by atoms with Crippen LogP contribution in [0.15, 0.2) is 30.3 Å². The highest BCUT2D eigenvalue weighted by molar-refractivity contribution is 5.21. The number of rotatable bonds is 3. The van der Waals surface area contributed by atoms with Crippen molar-refractivity contribution >= 4 is 0 Å². The number of hydrogen-bond acceptors (Lipinski definition) is 3. The van der Waals surface area contributed by atoms with Crippen molar-refractivity contribution in [2.24, 2.45) is 5.73 Å². The molecule has 2 atom stereocenters. The Balaban J connectivity index is 2.24. The molecule has 1 heterocycles. The van der Waals surface area contributed by atoms with Crippen molar-refractivity contribution in [1.82, 2.24) is 4.90 Å². The van der Waals surface area contributed by atoms with Crippen LogP contribution in [-0.2, 0) is 4.74 Å². The SMILES string of the molecule is CCN1CCOC(CN)C1c1ccccc1. The second kappa shape index (κ2) is 5.43. The summed E-state index contributed by atoms with van der Waals surface area (Å²) in [4.78, 5) is 2.44. The molecule has 2 unspecified atom stereocenters. The van der Waals surface area contributed by atoms with Crippen molar-refractivity contribution in [3.8, 4) is 0 Å². The van der Waals surface area contributed by atoms with E-state index in [0.717, 1.165) is 19.7 Å². The van der Waals surface area contributed by atoms with E-state index in [1.807, 2.05) is 6.07 Å². The zero-order valence-corrected chi connectivity index (χ0v) is 9.80. The lowest BCUT2D eigenvalue weighted by atomic mass is 9.98. The van der Waals surface area contributed by atoms with Gasteiger partial charge in [0.25, 0.3) is 0 Å². The van der Waals surface area contributed by atoms with Gasteiger partial charge < -0.3 is 10.5 Å². The molecule has 1 aromatic rings. The van der Waals surface area contributed by atoms with E-state index in [0.29, 0.717) is 12.6 Å². The lowest BCUT2D eigenvalue weighted by Crippen LogP contribution is -2.48. The van der Waals surface area contributed by atoms with E-state index in [1.54, 1.807) is 0 Å². The van der Waals surface area contributed by atoms with Gasteiger partial charge >= 0.3 is 0 Å². The zero-order valence-electron chi connectivity index (χ0n) is 9.80. The van der Waals surface area contributed by atoms with Gasteiger partial charge in [-0.05, 0) is 12.1 Å². The first-order valence-electron chi connectivity index (χ1n) is 5.97. The number of nitrogens with zero attached hydrogens (tertiary/aromatic N) is 1. The summed E-state index contributed by atoms with van der Waals surface area (Å²) in [5, 5.41) is 0. The maximum Gasteiger partial charge on any atom is 0.0894 e. The summed E-state index contributed by atoms with van der Waals surface area (Å²) in [5.74, 6) is 0. The van der Waals surface area contributed by atoms with E-state index in [4.69, 9.17) is 10.5 Å². The van der Waals surface area contributed by atoms with Crippen LogP contribution in [0.3, 0.4) is 0 Å². The van der Waals surface area contributed by atoms with Gasteiger partial charge in [-0.25, -0.2) is 0 Å². The summed E-state index contributed by atoms with van der Waals surface area (Å²) in [6.07, 6.45) is 0.121. The quantitative estimate of drug-likeness (QED) is 0.837. The van der Waals surface area contributed by atoms with Crippen LogP contribution in [0, 0.1) is 0 Å². The van der Waals surface area contributed by atoms with E-state index in [2.05, 4.69) is 36.1 Å². The van der Waals surface area contributed by atoms with Gasteiger partial charge in [0.05, 0.1) is 18.8 Å². The third-order valence-corrected chi connectivity index (χ3v) is 3.24. The van der Waals surface area contributed by atoms with Gasteiger partial charge in [0.2, 0.25) is 0 Å². The van der Waals surface area contributed by atoms with E-state index < -0.39 is 0 Å². The minimum Gasteiger partial charge on any atom is -0.374 e. The number of morpholine rings is 1. The average molecular weight is 220 g/mol. The van der Waals surface area contributed by atoms with Gasteiger partial charge in [-0.3, -0.25) is 4.90 Å². The third-order valence-electron chi connectivity index (χ3n) is 3.24. The Kier molecular flexibility index (Phi) is 3.93. The van der Waals surface area contributed by atoms with Crippen LogP contribution in [0.5, 0.6) is 0 Å². The average Bonchev–Trinajstić information content (AvgIpc) is 2.38. The van der Waals surface area contributed by atoms with Crippen molar-refractivity contribution in [1.29, 1.82) is 0 Å². The highest BCUT2D eigenvalue weighted by atomic mass is 16.5. The molecule has 0 aromatic heterocycles. The van der Waals surface area contributed by atoms with Crippen LogP contribution >= 0.6 is 0 Å². The maximum atomic E-state index is 5.80. The first-order chi connectivity index (χ1) is 7.86. The summed E-state index contributed by atoms with van der Waals surface area (Å²) in [7, 11) is 0. The lowest BCUT2D eigenvalue weighted by Gasteiger charge is -2.40. The fourth-order valence-electron chi connectivity index (χ4n) is 2.41. The lowest BCUT2D eigenvalue weighted by molar-refractivity contribution is -0.0658. The fourth-order valence-corrected chi connectivity index (χ4v) is 2.41. The normalized spacial score (nSPS) is 26.9. The van der Waals surface area contributed by atoms with Crippen LogP contribution in [0.2, 0.25) is 0 Å². The molecule has 2 N–H and O–H groups in total. The zero-order chi connectivity index (χ0) is 11.4. The summed E-state index contributed by atoms with van der Waals surface area (Å²) in [6.45, 7) is 5.59. The third kappa shape index (κ3) is 2.26. The van der Waals surface area contributed by atoms with Crippen LogP contribution in [-0.4, -0.2) is 37.2 Å². The Hall–Kier alpha value is -0.900. The second-order valence-electron chi connectivity index (χ2n) is 4.13. The monoisotopic (exact) mass is 220 g/mol. The van der Waals surface area contributed by atoms with E-state index in [1.165, 1.54) is 5.56 Å². The minimum absolute atomic E-state index is 0.121. The van der Waals surface area contributed by atoms with Crippen molar-refractivity contribution in [2.45, 2.75) is 19.1 Å². The van der Waals surface area contributed by atoms with Crippen LogP contribution < -0.4 is 5.73 Å². The smallest absolute Gasteiger partial charge is 0.0894 e. The molecular weight excluding hydrogens is 200 g/mol.